The molecule has 0 atom stereocenters. The van der Waals surface area contributed by atoms with Gasteiger partial charge in [0.05, 0.1) is 14.2 Å². The van der Waals surface area contributed by atoms with E-state index < -0.39 is 0 Å². The Morgan fingerprint density at radius 1 is 1.17 bits per heavy atom. The van der Waals surface area contributed by atoms with Crippen LogP contribution in [0, 0.1) is 0 Å². The Bertz CT molecular complexity index is 634. The van der Waals surface area contributed by atoms with Crippen molar-refractivity contribution in [3.63, 3.8) is 0 Å². The molecule has 1 aliphatic rings. The van der Waals surface area contributed by atoms with Crippen LogP contribution in [0.3, 0.4) is 0 Å². The predicted molar refractivity (Wildman–Crippen MR) is 91.4 cm³/mol. The lowest BCUT2D eigenvalue weighted by atomic mass is 10.0. The number of rotatable bonds is 5. The molecule has 1 heterocycles. The van der Waals surface area contributed by atoms with Gasteiger partial charge in [0.25, 0.3) is 5.91 Å². The van der Waals surface area contributed by atoms with Crippen LogP contribution in [0.1, 0.15) is 30.1 Å². The van der Waals surface area contributed by atoms with Crippen LogP contribution in [0.2, 0.25) is 0 Å². The third-order valence-electron chi connectivity index (χ3n) is 4.14. The molecule has 1 aliphatic heterocycles. The first-order valence-corrected chi connectivity index (χ1v) is 7.94. The maximum Gasteiger partial charge on any atom is 0.253 e. The molecule has 1 saturated heterocycles. The van der Waals surface area contributed by atoms with Gasteiger partial charge in [-0.05, 0) is 38.0 Å². The van der Waals surface area contributed by atoms with Crippen molar-refractivity contribution in [1.29, 1.82) is 0 Å². The molecule has 130 valence electrons. The van der Waals surface area contributed by atoms with Gasteiger partial charge in [-0.3, -0.25) is 9.59 Å². The largest absolute Gasteiger partial charge is 0.493 e. The lowest BCUT2D eigenvalue weighted by Gasteiger charge is -2.32. The highest BCUT2D eigenvalue weighted by molar-refractivity contribution is 5.95. The molecule has 1 aromatic rings. The number of hydrogen-bond donors (Lipinski definition) is 1. The Morgan fingerprint density at radius 2 is 1.79 bits per heavy atom. The second-order valence-corrected chi connectivity index (χ2v) is 5.89. The summed E-state index contributed by atoms with van der Waals surface area (Å²) in [6.45, 7) is 6.53. The normalized spacial score (nSPS) is 14.9. The number of nitrogens with one attached hydrogen (secondary N) is 1. The van der Waals surface area contributed by atoms with Crippen molar-refractivity contribution in [3.05, 3.63) is 35.9 Å². The fourth-order valence-corrected chi connectivity index (χ4v) is 2.69. The standard InChI is InChI=1S/C18H24N2O4/c1-12(2)17(21)19-14-7-9-20(10-8-14)18(22)13-5-6-15(23-3)16(11-13)24-4/h5-6,11,14H,1,7-10H2,2-4H3,(H,19,21). The van der Waals surface area contributed by atoms with E-state index in [1.54, 1.807) is 44.2 Å². The van der Waals surface area contributed by atoms with Gasteiger partial charge in [-0.25, -0.2) is 0 Å². The zero-order valence-electron chi connectivity index (χ0n) is 14.4. The lowest BCUT2D eigenvalue weighted by Crippen LogP contribution is -2.46. The molecule has 0 unspecified atom stereocenters. The number of benzene rings is 1. The number of hydrogen-bond acceptors (Lipinski definition) is 4. The zero-order valence-corrected chi connectivity index (χ0v) is 14.4. The van der Waals surface area contributed by atoms with Gasteiger partial charge in [-0.2, -0.15) is 0 Å². The van der Waals surface area contributed by atoms with Crippen LogP contribution >= 0.6 is 0 Å². The molecular weight excluding hydrogens is 308 g/mol. The molecule has 24 heavy (non-hydrogen) atoms. The quantitative estimate of drug-likeness (QED) is 0.838. The molecule has 0 radical (unpaired) electrons. The summed E-state index contributed by atoms with van der Waals surface area (Å²) < 4.78 is 10.4. The second-order valence-electron chi connectivity index (χ2n) is 5.89. The number of likely N-dealkylation sites (tertiary alicyclic amines) is 1. The van der Waals surface area contributed by atoms with E-state index in [0.29, 0.717) is 35.7 Å². The number of carbonyl (C=O) groups is 2. The van der Waals surface area contributed by atoms with Crippen LogP contribution < -0.4 is 14.8 Å². The molecule has 1 aromatic carbocycles. The molecule has 0 bridgehead atoms. The van der Waals surface area contributed by atoms with E-state index >= 15 is 0 Å². The number of amides is 2. The Morgan fingerprint density at radius 3 is 2.33 bits per heavy atom. The second kappa shape index (κ2) is 7.86. The number of nitrogens with zero attached hydrogens (tertiary/aromatic N) is 1. The molecule has 6 nitrogen and oxygen atoms in total. The van der Waals surface area contributed by atoms with E-state index in [0.717, 1.165) is 12.8 Å². The molecule has 0 aliphatic carbocycles. The first-order valence-electron chi connectivity index (χ1n) is 7.94. The van der Waals surface area contributed by atoms with Crippen LogP contribution in [0.5, 0.6) is 11.5 Å². The van der Waals surface area contributed by atoms with E-state index in [1.165, 1.54) is 0 Å². The van der Waals surface area contributed by atoms with Crippen molar-refractivity contribution in [1.82, 2.24) is 10.2 Å². The fourth-order valence-electron chi connectivity index (χ4n) is 2.69. The first kappa shape index (κ1) is 17.8. The highest BCUT2D eigenvalue weighted by Crippen LogP contribution is 2.28. The van der Waals surface area contributed by atoms with E-state index in [9.17, 15) is 9.59 Å². The van der Waals surface area contributed by atoms with Crippen LogP contribution in [-0.4, -0.2) is 50.1 Å². The van der Waals surface area contributed by atoms with Gasteiger partial charge in [0.15, 0.2) is 11.5 Å². The van der Waals surface area contributed by atoms with E-state index in [-0.39, 0.29) is 17.9 Å². The Balaban J connectivity index is 1.98. The summed E-state index contributed by atoms with van der Waals surface area (Å²) in [7, 11) is 3.10. The zero-order chi connectivity index (χ0) is 17.7. The average molecular weight is 332 g/mol. The minimum Gasteiger partial charge on any atom is -0.493 e. The molecule has 1 N–H and O–H groups in total. The van der Waals surface area contributed by atoms with Gasteiger partial charge in [0, 0.05) is 30.3 Å². The van der Waals surface area contributed by atoms with Crippen LogP contribution in [0.4, 0.5) is 0 Å². The number of piperidine rings is 1. The van der Waals surface area contributed by atoms with Crippen molar-refractivity contribution in [3.8, 4) is 11.5 Å². The Kier molecular flexibility index (Phi) is 5.84. The SMILES string of the molecule is C=C(C)C(=O)NC1CCN(C(=O)c2ccc(OC)c(OC)c2)CC1. The van der Waals surface area contributed by atoms with Gasteiger partial charge in [0.2, 0.25) is 5.91 Å². The van der Waals surface area contributed by atoms with Crippen molar-refractivity contribution in [2.45, 2.75) is 25.8 Å². The van der Waals surface area contributed by atoms with Crippen LogP contribution in [0.15, 0.2) is 30.4 Å². The molecule has 1 fully saturated rings. The van der Waals surface area contributed by atoms with E-state index in [4.69, 9.17) is 9.47 Å². The smallest absolute Gasteiger partial charge is 0.253 e. The van der Waals surface area contributed by atoms with Gasteiger partial charge in [-0.15, -0.1) is 0 Å². The van der Waals surface area contributed by atoms with Crippen molar-refractivity contribution in [2.75, 3.05) is 27.3 Å². The summed E-state index contributed by atoms with van der Waals surface area (Å²) in [5, 5.41) is 2.94. The molecule has 6 heteroatoms. The monoisotopic (exact) mass is 332 g/mol. The third-order valence-corrected chi connectivity index (χ3v) is 4.14. The fraction of sp³-hybridized carbons (Fsp3) is 0.444. The highest BCUT2D eigenvalue weighted by Gasteiger charge is 2.25. The summed E-state index contributed by atoms with van der Waals surface area (Å²) in [5.74, 6) is 0.961. The molecule has 0 aromatic heterocycles. The number of ether oxygens (including phenoxy) is 2. The highest BCUT2D eigenvalue weighted by atomic mass is 16.5. The number of methoxy groups -OCH3 is 2. The predicted octanol–water partition coefficient (Wildman–Crippen LogP) is 2.00. The van der Waals surface area contributed by atoms with Gasteiger partial charge in [-0.1, -0.05) is 6.58 Å². The molecule has 0 saturated carbocycles. The molecular formula is C18H24N2O4. The van der Waals surface area contributed by atoms with Gasteiger partial charge < -0.3 is 19.7 Å². The Hall–Kier alpha value is -2.50. The minimum atomic E-state index is -0.125. The van der Waals surface area contributed by atoms with Crippen LogP contribution in [0.25, 0.3) is 0 Å². The summed E-state index contributed by atoms with van der Waals surface area (Å²) >= 11 is 0. The Labute approximate surface area is 142 Å². The molecule has 2 amide bonds. The average Bonchev–Trinajstić information content (AvgIpc) is 2.61. The summed E-state index contributed by atoms with van der Waals surface area (Å²) in [6, 6.07) is 5.24. The van der Waals surface area contributed by atoms with Crippen LogP contribution in [-0.2, 0) is 4.79 Å². The topological polar surface area (TPSA) is 67.9 Å². The summed E-state index contributed by atoms with van der Waals surface area (Å²) in [4.78, 5) is 26.1. The van der Waals surface area contributed by atoms with Crippen molar-refractivity contribution >= 4 is 11.8 Å². The summed E-state index contributed by atoms with van der Waals surface area (Å²) in [6.07, 6.45) is 1.47. The number of carbonyl (C=O) groups excluding carboxylic acids is 2. The molecule has 2 rings (SSSR count). The van der Waals surface area contributed by atoms with Crippen molar-refractivity contribution in [2.24, 2.45) is 0 Å². The van der Waals surface area contributed by atoms with Gasteiger partial charge in [0.1, 0.15) is 0 Å². The lowest BCUT2D eigenvalue weighted by molar-refractivity contribution is -0.118. The van der Waals surface area contributed by atoms with Crippen molar-refractivity contribution < 1.29 is 19.1 Å². The third kappa shape index (κ3) is 4.07. The maximum absolute atomic E-state index is 12.6. The van der Waals surface area contributed by atoms with E-state index in [1.807, 2.05) is 0 Å². The first-order chi connectivity index (χ1) is 11.5. The van der Waals surface area contributed by atoms with E-state index in [2.05, 4.69) is 11.9 Å². The summed E-state index contributed by atoms with van der Waals surface area (Å²) in [5.41, 5.74) is 1.07. The van der Waals surface area contributed by atoms with Gasteiger partial charge >= 0.3 is 0 Å². The maximum atomic E-state index is 12.6. The minimum absolute atomic E-state index is 0.0411. The molecule has 0 spiro atoms.